The van der Waals surface area contributed by atoms with E-state index in [2.05, 4.69) is 25.8 Å². The van der Waals surface area contributed by atoms with E-state index in [-0.39, 0.29) is 16.7 Å². The molecule has 5 rings (SSSR count). The fraction of sp³-hybridized carbons (Fsp3) is 0.207. The summed E-state index contributed by atoms with van der Waals surface area (Å²) in [5.41, 5.74) is 2.77. The van der Waals surface area contributed by atoms with Crippen LogP contribution in [0.25, 0.3) is 16.0 Å². The molecule has 1 saturated heterocycles. The molecule has 0 aliphatic carbocycles. The van der Waals surface area contributed by atoms with Gasteiger partial charge in [-0.15, -0.1) is 0 Å². The van der Waals surface area contributed by atoms with E-state index in [1.807, 2.05) is 24.3 Å². The van der Waals surface area contributed by atoms with E-state index in [9.17, 15) is 14.7 Å². The third kappa shape index (κ3) is 4.49. The number of anilines is 1. The number of ether oxygens (including phenoxy) is 1. The zero-order valence-electron chi connectivity index (χ0n) is 20.8. The number of rotatable bonds is 4. The second kappa shape index (κ2) is 9.32. The van der Waals surface area contributed by atoms with Gasteiger partial charge in [-0.2, -0.15) is 0 Å². The highest BCUT2D eigenvalue weighted by Gasteiger charge is 2.48. The van der Waals surface area contributed by atoms with Crippen LogP contribution in [0.4, 0.5) is 5.13 Å². The molecular weight excluding hydrogens is 508 g/mol. The molecule has 1 fully saturated rings. The Bertz CT molecular complexity index is 1570. The average Bonchev–Trinajstić information content (AvgIpc) is 3.40. The average molecular weight is 533 g/mol. The maximum absolute atomic E-state index is 13.5. The van der Waals surface area contributed by atoms with E-state index in [0.29, 0.717) is 32.5 Å². The van der Waals surface area contributed by atoms with Crippen molar-refractivity contribution >= 4 is 55.7 Å². The number of methoxy groups -OCH3 is 1. The molecule has 3 aromatic carbocycles. The summed E-state index contributed by atoms with van der Waals surface area (Å²) >= 11 is 7.44. The SMILES string of the molecule is COc1cccc(C(O)=C2C(=O)C(=O)N(c3nc4ccc(Cl)cc4s3)C2c2ccc(C(C)(C)C)cc2)c1. The topological polar surface area (TPSA) is 79.7 Å². The summed E-state index contributed by atoms with van der Waals surface area (Å²) in [5.74, 6) is -1.27. The first-order chi connectivity index (χ1) is 17.6. The van der Waals surface area contributed by atoms with Crippen molar-refractivity contribution in [3.63, 3.8) is 0 Å². The van der Waals surface area contributed by atoms with Crippen molar-refractivity contribution in [2.45, 2.75) is 32.2 Å². The monoisotopic (exact) mass is 532 g/mol. The minimum absolute atomic E-state index is 0.000879. The number of aromatic nitrogens is 1. The number of Topliss-reactive ketones (excluding diaryl/α,β-unsaturated/α-hetero) is 1. The van der Waals surface area contributed by atoms with Gasteiger partial charge in [0.1, 0.15) is 11.5 Å². The zero-order chi connectivity index (χ0) is 26.5. The minimum Gasteiger partial charge on any atom is -0.507 e. The highest BCUT2D eigenvalue weighted by molar-refractivity contribution is 7.22. The van der Waals surface area contributed by atoms with Gasteiger partial charge in [0.25, 0.3) is 5.78 Å². The third-order valence-electron chi connectivity index (χ3n) is 6.43. The number of hydrogen-bond donors (Lipinski definition) is 1. The number of carbonyl (C=O) groups excluding carboxylic acids is 2. The van der Waals surface area contributed by atoms with Gasteiger partial charge in [0, 0.05) is 10.6 Å². The highest BCUT2D eigenvalue weighted by atomic mass is 35.5. The van der Waals surface area contributed by atoms with E-state index in [1.165, 1.54) is 23.3 Å². The van der Waals surface area contributed by atoms with E-state index in [1.54, 1.807) is 42.5 Å². The van der Waals surface area contributed by atoms with Crippen molar-refractivity contribution in [2.24, 2.45) is 0 Å². The number of aliphatic hydroxyl groups is 1. The van der Waals surface area contributed by atoms with Gasteiger partial charge in [-0.3, -0.25) is 14.5 Å². The molecule has 0 spiro atoms. The summed E-state index contributed by atoms with van der Waals surface area (Å²) in [7, 11) is 1.52. The van der Waals surface area contributed by atoms with Crippen LogP contribution in [0.3, 0.4) is 0 Å². The number of halogens is 1. The quantitative estimate of drug-likeness (QED) is 0.176. The van der Waals surface area contributed by atoms with Gasteiger partial charge in [0.05, 0.1) is 28.9 Å². The first-order valence-corrected chi connectivity index (χ1v) is 12.9. The number of hydrogen-bond acceptors (Lipinski definition) is 6. The molecule has 0 bridgehead atoms. The minimum atomic E-state index is -0.865. The molecule has 1 aliphatic heterocycles. The Labute approximate surface area is 223 Å². The van der Waals surface area contributed by atoms with Crippen molar-refractivity contribution in [3.8, 4) is 5.75 Å². The fourth-order valence-corrected chi connectivity index (χ4v) is 5.69. The van der Waals surface area contributed by atoms with Crippen molar-refractivity contribution in [1.29, 1.82) is 0 Å². The van der Waals surface area contributed by atoms with Gasteiger partial charge in [-0.25, -0.2) is 4.98 Å². The Hall–Kier alpha value is -3.68. The molecular formula is C29H25ClN2O4S. The fourth-order valence-electron chi connectivity index (χ4n) is 4.43. The van der Waals surface area contributed by atoms with Gasteiger partial charge >= 0.3 is 5.91 Å². The lowest BCUT2D eigenvalue weighted by Gasteiger charge is -2.24. The molecule has 8 heteroatoms. The molecule has 0 saturated carbocycles. The number of fused-ring (bicyclic) bond motifs is 1. The predicted molar refractivity (Wildman–Crippen MR) is 148 cm³/mol. The van der Waals surface area contributed by atoms with Crippen LogP contribution in [0.15, 0.2) is 72.3 Å². The van der Waals surface area contributed by atoms with Crippen LogP contribution in [-0.2, 0) is 15.0 Å². The lowest BCUT2D eigenvalue weighted by Crippen LogP contribution is -2.29. The van der Waals surface area contributed by atoms with Crippen LogP contribution >= 0.6 is 22.9 Å². The molecule has 37 heavy (non-hydrogen) atoms. The lowest BCUT2D eigenvalue weighted by atomic mass is 9.85. The number of benzene rings is 3. The van der Waals surface area contributed by atoms with E-state index < -0.39 is 17.7 Å². The van der Waals surface area contributed by atoms with Crippen molar-refractivity contribution in [2.75, 3.05) is 12.0 Å². The lowest BCUT2D eigenvalue weighted by molar-refractivity contribution is -0.132. The third-order valence-corrected chi connectivity index (χ3v) is 7.68. The van der Waals surface area contributed by atoms with Crippen LogP contribution in [0.5, 0.6) is 5.75 Å². The standard InChI is InChI=1S/C29H25ClN2O4S/c1-29(2,3)18-10-8-16(9-11-18)24-23(25(33)17-6-5-7-20(14-17)36-4)26(34)27(35)32(24)28-31-21-13-12-19(30)15-22(21)37-28/h5-15,24,33H,1-4H3. The number of carbonyl (C=O) groups is 2. The largest absolute Gasteiger partial charge is 0.507 e. The van der Waals surface area contributed by atoms with Crippen molar-refractivity contribution in [1.82, 2.24) is 4.98 Å². The zero-order valence-corrected chi connectivity index (χ0v) is 22.4. The number of ketones is 1. The highest BCUT2D eigenvalue weighted by Crippen LogP contribution is 2.45. The number of nitrogens with zero attached hydrogens (tertiary/aromatic N) is 2. The first kappa shape index (κ1) is 25.0. The Morgan fingerprint density at radius 3 is 2.46 bits per heavy atom. The molecule has 4 aromatic rings. The summed E-state index contributed by atoms with van der Waals surface area (Å²) in [6, 6.07) is 18.9. The van der Waals surface area contributed by atoms with Crippen LogP contribution in [0.2, 0.25) is 5.02 Å². The van der Waals surface area contributed by atoms with Crippen molar-refractivity contribution < 1.29 is 19.4 Å². The first-order valence-electron chi connectivity index (χ1n) is 11.7. The summed E-state index contributed by atoms with van der Waals surface area (Å²) in [5, 5.41) is 12.3. The van der Waals surface area contributed by atoms with Crippen LogP contribution in [0, 0.1) is 0 Å². The molecule has 2 heterocycles. The predicted octanol–water partition coefficient (Wildman–Crippen LogP) is 6.88. The maximum Gasteiger partial charge on any atom is 0.301 e. The van der Waals surface area contributed by atoms with E-state index in [4.69, 9.17) is 16.3 Å². The summed E-state index contributed by atoms with van der Waals surface area (Å²) in [4.78, 5) is 32.9. The van der Waals surface area contributed by atoms with Crippen LogP contribution in [-0.4, -0.2) is 28.9 Å². The molecule has 1 N–H and O–H groups in total. The summed E-state index contributed by atoms with van der Waals surface area (Å²) in [6.45, 7) is 6.34. The second-order valence-corrected chi connectivity index (χ2v) is 11.3. The Morgan fingerprint density at radius 1 is 1.05 bits per heavy atom. The van der Waals surface area contributed by atoms with Gasteiger partial charge < -0.3 is 9.84 Å². The van der Waals surface area contributed by atoms with Crippen LogP contribution < -0.4 is 9.64 Å². The van der Waals surface area contributed by atoms with E-state index in [0.717, 1.165) is 10.3 Å². The molecule has 1 atom stereocenters. The maximum atomic E-state index is 13.5. The molecule has 6 nitrogen and oxygen atoms in total. The molecule has 1 amide bonds. The second-order valence-electron chi connectivity index (χ2n) is 9.88. The smallest absolute Gasteiger partial charge is 0.301 e. The number of aliphatic hydroxyl groups excluding tert-OH is 1. The van der Waals surface area contributed by atoms with E-state index >= 15 is 0 Å². The van der Waals surface area contributed by atoms with Crippen LogP contribution in [0.1, 0.15) is 43.5 Å². The molecule has 0 radical (unpaired) electrons. The number of amides is 1. The van der Waals surface area contributed by atoms with Gasteiger partial charge in [-0.05, 0) is 46.9 Å². The van der Waals surface area contributed by atoms with Gasteiger partial charge in [0.15, 0.2) is 5.13 Å². The molecule has 1 aliphatic rings. The van der Waals surface area contributed by atoms with Gasteiger partial charge in [-0.1, -0.05) is 80.1 Å². The molecule has 188 valence electrons. The normalized spacial score (nSPS) is 17.5. The van der Waals surface area contributed by atoms with Crippen molar-refractivity contribution in [3.05, 3.63) is 94.0 Å². The Balaban J connectivity index is 1.72. The van der Waals surface area contributed by atoms with Gasteiger partial charge in [0.2, 0.25) is 0 Å². The summed E-state index contributed by atoms with van der Waals surface area (Å²) in [6.07, 6.45) is 0. The Kier molecular flexibility index (Phi) is 6.30. The molecule has 1 aromatic heterocycles. The number of thiazole rings is 1. The summed E-state index contributed by atoms with van der Waals surface area (Å²) < 4.78 is 6.08. The Morgan fingerprint density at radius 2 is 1.78 bits per heavy atom. The molecule has 1 unspecified atom stereocenters.